The van der Waals surface area contributed by atoms with Gasteiger partial charge in [-0.05, 0) is 86.9 Å². The van der Waals surface area contributed by atoms with Crippen LogP contribution >= 0.6 is 12.2 Å². The molecule has 1 aliphatic heterocycles. The van der Waals surface area contributed by atoms with Crippen LogP contribution < -0.4 is 4.90 Å². The molecule has 1 fully saturated rings. The van der Waals surface area contributed by atoms with Crippen LogP contribution in [0.3, 0.4) is 0 Å². The number of pyridine rings is 1. The number of carbonyl (C=O) groups is 2. The van der Waals surface area contributed by atoms with Crippen molar-refractivity contribution >= 4 is 40.9 Å². The molecule has 0 radical (unpaired) electrons. The van der Waals surface area contributed by atoms with Crippen molar-refractivity contribution in [3.63, 3.8) is 0 Å². The zero-order chi connectivity index (χ0) is 23.7. The Morgan fingerprint density at radius 2 is 1.73 bits per heavy atom. The quantitative estimate of drug-likeness (QED) is 0.315. The smallest absolute Gasteiger partial charge is 0.270 e. The summed E-state index contributed by atoms with van der Waals surface area (Å²) in [5.41, 5.74) is 4.51. The summed E-state index contributed by atoms with van der Waals surface area (Å²) in [6.45, 7) is 8.39. The van der Waals surface area contributed by atoms with E-state index in [-0.39, 0.29) is 16.6 Å². The Morgan fingerprint density at radius 1 is 1.00 bits per heavy atom. The minimum Gasteiger partial charge on any atom is -0.303 e. The minimum atomic E-state index is -0.415. The zero-order valence-electron chi connectivity index (χ0n) is 19.2. The molecule has 1 aliphatic rings. The molecule has 0 spiro atoms. The predicted octanol–water partition coefficient (Wildman–Crippen LogP) is 4.75. The molecule has 1 aromatic carbocycles. The average molecular weight is 459 g/mol. The molecule has 2 amide bonds. The van der Waals surface area contributed by atoms with Crippen LogP contribution in [0.2, 0.25) is 0 Å². The lowest BCUT2D eigenvalue weighted by Crippen LogP contribution is -2.56. The van der Waals surface area contributed by atoms with Gasteiger partial charge < -0.3 is 4.57 Å². The highest BCUT2D eigenvalue weighted by atomic mass is 32.1. The van der Waals surface area contributed by atoms with E-state index in [1.54, 1.807) is 12.3 Å². The van der Waals surface area contributed by atoms with Gasteiger partial charge in [-0.3, -0.25) is 19.4 Å². The van der Waals surface area contributed by atoms with E-state index in [0.717, 1.165) is 34.8 Å². The second kappa shape index (κ2) is 9.11. The van der Waals surface area contributed by atoms with Crippen LogP contribution in [0.25, 0.3) is 11.9 Å². The second-order valence-electron chi connectivity index (χ2n) is 8.13. The maximum absolute atomic E-state index is 13.5. The van der Waals surface area contributed by atoms with E-state index in [9.17, 15) is 9.59 Å². The number of carbonyl (C=O) groups excluding carboxylic acids is 2. The van der Waals surface area contributed by atoms with Crippen molar-refractivity contribution in [3.8, 4) is 5.82 Å². The maximum Gasteiger partial charge on any atom is 0.270 e. The second-order valence-corrected chi connectivity index (χ2v) is 8.49. The van der Waals surface area contributed by atoms with Crippen LogP contribution in [-0.2, 0) is 9.59 Å². The van der Waals surface area contributed by atoms with Gasteiger partial charge in [0.2, 0.25) is 0 Å². The molecule has 0 saturated carbocycles. The SMILES string of the molecule is CCCN1C(=O)/C(=C/c2cc(C)n(-c3cc(C)ccn3)c2C)C(=O)N(c2ccccc2)C1=S. The summed E-state index contributed by atoms with van der Waals surface area (Å²) in [6, 6.07) is 15.1. The summed E-state index contributed by atoms with van der Waals surface area (Å²) in [5.74, 6) is 0.0233. The first-order chi connectivity index (χ1) is 15.8. The third-order valence-electron chi connectivity index (χ3n) is 5.69. The van der Waals surface area contributed by atoms with E-state index in [0.29, 0.717) is 12.2 Å². The first-order valence-electron chi connectivity index (χ1n) is 10.9. The molecule has 0 bridgehead atoms. The molecule has 4 rings (SSSR count). The molecule has 7 heteroatoms. The molecule has 0 unspecified atom stereocenters. The van der Waals surface area contributed by atoms with E-state index < -0.39 is 5.91 Å². The Kier molecular flexibility index (Phi) is 6.24. The van der Waals surface area contributed by atoms with Crippen LogP contribution in [0, 0.1) is 20.8 Å². The summed E-state index contributed by atoms with van der Waals surface area (Å²) >= 11 is 5.57. The van der Waals surface area contributed by atoms with Gasteiger partial charge in [0, 0.05) is 24.1 Å². The van der Waals surface area contributed by atoms with E-state index in [2.05, 4.69) is 4.98 Å². The van der Waals surface area contributed by atoms with E-state index in [1.807, 2.05) is 80.8 Å². The van der Waals surface area contributed by atoms with Gasteiger partial charge >= 0.3 is 0 Å². The predicted molar refractivity (Wildman–Crippen MR) is 134 cm³/mol. The van der Waals surface area contributed by atoms with Gasteiger partial charge in [0.25, 0.3) is 11.8 Å². The molecular formula is C26H26N4O2S. The fourth-order valence-electron chi connectivity index (χ4n) is 4.09. The Balaban J connectivity index is 1.82. The highest BCUT2D eigenvalue weighted by Crippen LogP contribution is 2.28. The number of thiocarbonyl (C=S) groups is 1. The molecule has 3 aromatic rings. The summed E-state index contributed by atoms with van der Waals surface area (Å²) in [5, 5.41) is 0.213. The molecule has 168 valence electrons. The first-order valence-corrected chi connectivity index (χ1v) is 11.3. The van der Waals surface area contributed by atoms with Crippen molar-refractivity contribution in [2.24, 2.45) is 0 Å². The number of aryl methyl sites for hydroxylation is 2. The van der Waals surface area contributed by atoms with Gasteiger partial charge in [0.1, 0.15) is 11.4 Å². The molecule has 2 aromatic heterocycles. The first kappa shape index (κ1) is 22.6. The minimum absolute atomic E-state index is 0.0957. The largest absolute Gasteiger partial charge is 0.303 e. The highest BCUT2D eigenvalue weighted by Gasteiger charge is 2.40. The lowest BCUT2D eigenvalue weighted by Gasteiger charge is -2.36. The van der Waals surface area contributed by atoms with Gasteiger partial charge in [0.15, 0.2) is 5.11 Å². The molecule has 1 saturated heterocycles. The zero-order valence-corrected chi connectivity index (χ0v) is 20.0. The van der Waals surface area contributed by atoms with Gasteiger partial charge in [0.05, 0.1) is 5.69 Å². The van der Waals surface area contributed by atoms with Gasteiger partial charge in [-0.15, -0.1) is 0 Å². The van der Waals surface area contributed by atoms with Crippen LogP contribution in [0.5, 0.6) is 0 Å². The molecule has 0 atom stereocenters. The Morgan fingerprint density at radius 3 is 2.39 bits per heavy atom. The number of para-hydroxylation sites is 1. The van der Waals surface area contributed by atoms with Gasteiger partial charge in [-0.2, -0.15) is 0 Å². The number of benzene rings is 1. The fourth-order valence-corrected chi connectivity index (χ4v) is 4.45. The van der Waals surface area contributed by atoms with E-state index in [1.165, 1.54) is 9.80 Å². The maximum atomic E-state index is 13.5. The number of amides is 2. The fraction of sp³-hybridized carbons (Fsp3) is 0.231. The highest BCUT2D eigenvalue weighted by molar-refractivity contribution is 7.80. The number of aromatic nitrogens is 2. The lowest BCUT2D eigenvalue weighted by molar-refractivity contribution is -0.127. The molecule has 0 aliphatic carbocycles. The van der Waals surface area contributed by atoms with Crippen molar-refractivity contribution in [2.45, 2.75) is 34.1 Å². The van der Waals surface area contributed by atoms with Crippen LogP contribution in [0.1, 0.15) is 35.9 Å². The molecule has 0 N–H and O–H groups in total. The van der Waals surface area contributed by atoms with Crippen molar-refractivity contribution in [3.05, 3.63) is 82.8 Å². The number of hydrogen-bond donors (Lipinski definition) is 0. The third kappa shape index (κ3) is 4.12. The average Bonchev–Trinajstić information content (AvgIpc) is 3.07. The van der Waals surface area contributed by atoms with Crippen molar-refractivity contribution in [1.29, 1.82) is 0 Å². The number of hydrogen-bond acceptors (Lipinski definition) is 4. The normalized spacial score (nSPS) is 15.6. The topological polar surface area (TPSA) is 58.4 Å². The monoisotopic (exact) mass is 458 g/mol. The van der Waals surface area contributed by atoms with E-state index in [4.69, 9.17) is 12.2 Å². The van der Waals surface area contributed by atoms with Crippen LogP contribution in [-0.4, -0.2) is 37.9 Å². The standard InChI is InChI=1S/C26H26N4O2S/c1-5-13-28-24(31)22(25(32)30(26(28)33)21-9-7-6-8-10-21)16-20-15-18(3)29(19(20)4)23-14-17(2)11-12-27-23/h6-12,14-16H,5,13H2,1-4H3/b22-16-. The lowest BCUT2D eigenvalue weighted by atomic mass is 10.1. The Bertz CT molecular complexity index is 1280. The summed E-state index contributed by atoms with van der Waals surface area (Å²) in [6.07, 6.45) is 4.18. The van der Waals surface area contributed by atoms with E-state index >= 15 is 0 Å². The number of anilines is 1. The Labute approximate surface area is 199 Å². The van der Waals surface area contributed by atoms with Crippen molar-refractivity contribution in [1.82, 2.24) is 14.5 Å². The molecule has 6 nitrogen and oxygen atoms in total. The third-order valence-corrected chi connectivity index (χ3v) is 6.10. The van der Waals surface area contributed by atoms with Gasteiger partial charge in [-0.1, -0.05) is 25.1 Å². The van der Waals surface area contributed by atoms with Crippen LogP contribution in [0.15, 0.2) is 60.3 Å². The van der Waals surface area contributed by atoms with Crippen molar-refractivity contribution < 1.29 is 9.59 Å². The van der Waals surface area contributed by atoms with Crippen molar-refractivity contribution in [2.75, 3.05) is 11.4 Å². The molecule has 3 heterocycles. The molecule has 33 heavy (non-hydrogen) atoms. The number of rotatable bonds is 5. The summed E-state index contributed by atoms with van der Waals surface area (Å²) in [4.78, 5) is 34.3. The molecular weight excluding hydrogens is 432 g/mol. The Hall–Kier alpha value is -3.58. The van der Waals surface area contributed by atoms with Crippen LogP contribution in [0.4, 0.5) is 5.69 Å². The summed E-state index contributed by atoms with van der Waals surface area (Å²) in [7, 11) is 0. The van der Waals surface area contributed by atoms with Gasteiger partial charge in [-0.25, -0.2) is 4.98 Å². The summed E-state index contributed by atoms with van der Waals surface area (Å²) < 4.78 is 2.03. The number of nitrogens with zero attached hydrogens (tertiary/aromatic N) is 4.